The number of nitrogens with zero attached hydrogens (tertiary/aromatic N) is 2. The van der Waals surface area contributed by atoms with E-state index in [0.717, 1.165) is 16.7 Å². The van der Waals surface area contributed by atoms with Gasteiger partial charge in [0, 0.05) is 24.8 Å². The van der Waals surface area contributed by atoms with Gasteiger partial charge in [0.15, 0.2) is 5.82 Å². The lowest BCUT2D eigenvalue weighted by Crippen LogP contribution is -2.22. The van der Waals surface area contributed by atoms with Crippen molar-refractivity contribution in [1.29, 1.82) is 0 Å². The molecule has 1 aromatic heterocycles. The van der Waals surface area contributed by atoms with Gasteiger partial charge in [-0.1, -0.05) is 29.4 Å². The number of amides is 1. The smallest absolute Gasteiger partial charge is 0.257 e. The molecule has 6 nitrogen and oxygen atoms in total. The molecule has 0 radical (unpaired) electrons. The maximum absolute atomic E-state index is 12.3. The van der Waals surface area contributed by atoms with E-state index in [4.69, 9.17) is 9.26 Å². The van der Waals surface area contributed by atoms with E-state index in [0.29, 0.717) is 30.4 Å². The lowest BCUT2D eigenvalue weighted by Gasteiger charge is -2.07. The molecular weight excluding hydrogens is 318 g/mol. The summed E-state index contributed by atoms with van der Waals surface area (Å²) < 4.78 is 10.2. The van der Waals surface area contributed by atoms with Gasteiger partial charge in [-0.05, 0) is 42.3 Å². The monoisotopic (exact) mass is 337 g/mol. The number of carbonyl (C=O) groups is 1. The van der Waals surface area contributed by atoms with Crippen molar-refractivity contribution >= 4 is 5.91 Å². The molecule has 128 valence electrons. The quantitative estimate of drug-likeness (QED) is 0.748. The first-order valence-electron chi connectivity index (χ1n) is 7.91. The number of aromatic nitrogens is 2. The molecule has 25 heavy (non-hydrogen) atoms. The third-order valence-corrected chi connectivity index (χ3v) is 3.68. The highest BCUT2D eigenvalue weighted by atomic mass is 16.5. The van der Waals surface area contributed by atoms with Crippen LogP contribution in [0.1, 0.15) is 27.3 Å². The zero-order chi connectivity index (χ0) is 17.6. The number of nitrogens with one attached hydrogen (secondary N) is 1. The molecule has 0 bridgehead atoms. The van der Waals surface area contributed by atoms with E-state index in [2.05, 4.69) is 15.5 Å². The van der Waals surface area contributed by atoms with Gasteiger partial charge in [-0.3, -0.25) is 4.79 Å². The maximum atomic E-state index is 12.3. The highest BCUT2D eigenvalue weighted by molar-refractivity contribution is 5.94. The van der Waals surface area contributed by atoms with Crippen molar-refractivity contribution in [2.24, 2.45) is 0 Å². The van der Waals surface area contributed by atoms with E-state index in [1.807, 2.05) is 24.3 Å². The van der Waals surface area contributed by atoms with Gasteiger partial charge in [0.25, 0.3) is 11.8 Å². The second kappa shape index (κ2) is 7.72. The van der Waals surface area contributed by atoms with Crippen molar-refractivity contribution in [3.8, 4) is 11.5 Å². The first-order chi connectivity index (χ1) is 12.2. The fourth-order valence-electron chi connectivity index (χ4n) is 2.46. The minimum Gasteiger partial charge on any atom is -0.380 e. The Hall–Kier alpha value is -2.99. The number of aryl methyl sites for hydroxylation is 1. The number of rotatable bonds is 6. The molecule has 1 N–H and O–H groups in total. The van der Waals surface area contributed by atoms with E-state index in [1.165, 1.54) is 0 Å². The summed E-state index contributed by atoms with van der Waals surface area (Å²) >= 11 is 0. The number of hydrogen-bond donors (Lipinski definition) is 1. The van der Waals surface area contributed by atoms with Gasteiger partial charge >= 0.3 is 0 Å². The molecule has 2 aromatic carbocycles. The first-order valence-corrected chi connectivity index (χ1v) is 7.91. The van der Waals surface area contributed by atoms with Crippen molar-refractivity contribution in [3.05, 3.63) is 71.0 Å². The molecule has 6 heteroatoms. The van der Waals surface area contributed by atoms with Crippen LogP contribution in [-0.2, 0) is 17.9 Å². The summed E-state index contributed by atoms with van der Waals surface area (Å²) in [6.07, 6.45) is 0. The minimum absolute atomic E-state index is 0.134. The fourth-order valence-corrected chi connectivity index (χ4v) is 2.46. The predicted octanol–water partition coefficient (Wildman–Crippen LogP) is 3.12. The van der Waals surface area contributed by atoms with Gasteiger partial charge in [0.05, 0.1) is 6.61 Å². The first kappa shape index (κ1) is 16.9. The topological polar surface area (TPSA) is 77.2 Å². The highest BCUT2D eigenvalue weighted by Gasteiger charge is 2.09. The lowest BCUT2D eigenvalue weighted by molar-refractivity contribution is 0.0951. The second-order valence-corrected chi connectivity index (χ2v) is 5.66. The number of benzene rings is 2. The summed E-state index contributed by atoms with van der Waals surface area (Å²) in [6.45, 7) is 2.77. The van der Waals surface area contributed by atoms with Crippen LogP contribution in [0.3, 0.4) is 0 Å². The van der Waals surface area contributed by atoms with Gasteiger partial charge in [0.2, 0.25) is 0 Å². The van der Waals surface area contributed by atoms with Crippen molar-refractivity contribution in [2.75, 3.05) is 7.11 Å². The van der Waals surface area contributed by atoms with Crippen molar-refractivity contribution in [2.45, 2.75) is 20.1 Å². The van der Waals surface area contributed by atoms with Gasteiger partial charge in [-0.15, -0.1) is 0 Å². The summed E-state index contributed by atoms with van der Waals surface area (Å²) in [7, 11) is 1.66. The number of carbonyl (C=O) groups excluding carboxylic acids is 1. The summed E-state index contributed by atoms with van der Waals surface area (Å²) in [5, 5.41) is 6.68. The van der Waals surface area contributed by atoms with Crippen molar-refractivity contribution < 1.29 is 14.1 Å². The zero-order valence-corrected chi connectivity index (χ0v) is 14.2. The molecule has 0 fully saturated rings. The molecule has 0 aliphatic carbocycles. The van der Waals surface area contributed by atoms with Crippen LogP contribution < -0.4 is 5.32 Å². The van der Waals surface area contributed by atoms with Crippen molar-refractivity contribution in [3.63, 3.8) is 0 Å². The molecule has 3 aromatic rings. The van der Waals surface area contributed by atoms with E-state index >= 15 is 0 Å². The molecule has 0 saturated heterocycles. The van der Waals surface area contributed by atoms with Crippen LogP contribution in [0.4, 0.5) is 0 Å². The Morgan fingerprint density at radius 1 is 1.16 bits per heavy atom. The Balaban J connectivity index is 1.62. The lowest BCUT2D eigenvalue weighted by atomic mass is 10.1. The predicted molar refractivity (Wildman–Crippen MR) is 92.8 cm³/mol. The summed E-state index contributed by atoms with van der Waals surface area (Å²) in [5.41, 5.74) is 3.46. The molecule has 0 unspecified atom stereocenters. The number of hydrogen-bond acceptors (Lipinski definition) is 5. The molecule has 1 heterocycles. The molecule has 0 spiro atoms. The van der Waals surface area contributed by atoms with Crippen LogP contribution in [0.15, 0.2) is 53.1 Å². The van der Waals surface area contributed by atoms with Crippen LogP contribution in [0.5, 0.6) is 0 Å². The zero-order valence-electron chi connectivity index (χ0n) is 14.2. The van der Waals surface area contributed by atoms with Crippen LogP contribution in [-0.4, -0.2) is 23.2 Å². The molecule has 0 saturated carbocycles. The maximum Gasteiger partial charge on any atom is 0.257 e. The van der Waals surface area contributed by atoms with Crippen LogP contribution in [0.2, 0.25) is 0 Å². The Morgan fingerprint density at radius 2 is 1.92 bits per heavy atom. The van der Waals surface area contributed by atoms with E-state index in [-0.39, 0.29) is 5.91 Å². The second-order valence-electron chi connectivity index (χ2n) is 5.66. The molecule has 1 amide bonds. The third kappa shape index (κ3) is 4.30. The third-order valence-electron chi connectivity index (χ3n) is 3.68. The van der Waals surface area contributed by atoms with Gasteiger partial charge < -0.3 is 14.6 Å². The van der Waals surface area contributed by atoms with Crippen LogP contribution in [0.25, 0.3) is 11.5 Å². The average molecular weight is 337 g/mol. The Bertz CT molecular complexity index is 856. The van der Waals surface area contributed by atoms with Gasteiger partial charge in [-0.25, -0.2) is 0 Å². The summed E-state index contributed by atoms with van der Waals surface area (Å²) in [5.74, 6) is 0.886. The summed E-state index contributed by atoms with van der Waals surface area (Å²) in [6, 6.07) is 15.0. The van der Waals surface area contributed by atoms with Gasteiger partial charge in [0.1, 0.15) is 0 Å². The normalized spacial score (nSPS) is 10.6. The molecule has 0 aliphatic rings. The number of ether oxygens (including phenoxy) is 1. The molecule has 0 aliphatic heterocycles. The largest absolute Gasteiger partial charge is 0.380 e. The van der Waals surface area contributed by atoms with Gasteiger partial charge in [-0.2, -0.15) is 4.98 Å². The Morgan fingerprint density at radius 3 is 2.60 bits per heavy atom. The average Bonchev–Trinajstić information content (AvgIpc) is 3.07. The summed E-state index contributed by atoms with van der Waals surface area (Å²) in [4.78, 5) is 16.5. The van der Waals surface area contributed by atoms with E-state index in [9.17, 15) is 4.79 Å². The minimum atomic E-state index is -0.134. The van der Waals surface area contributed by atoms with E-state index < -0.39 is 0 Å². The Labute approximate surface area is 145 Å². The van der Waals surface area contributed by atoms with E-state index in [1.54, 1.807) is 38.3 Å². The standard InChI is InChI=1S/C19H19N3O3/c1-13-21-19(25-22-13)17-8-6-16(7-9-17)18(23)20-11-14-4-3-5-15(10-14)12-24-2/h3-10H,11-12H2,1-2H3,(H,20,23). The highest BCUT2D eigenvalue weighted by Crippen LogP contribution is 2.17. The molecule has 0 atom stereocenters. The molecular formula is C19H19N3O3. The molecule has 3 rings (SSSR count). The number of methoxy groups -OCH3 is 1. The van der Waals surface area contributed by atoms with Crippen molar-refractivity contribution in [1.82, 2.24) is 15.5 Å². The van der Waals surface area contributed by atoms with Crippen LogP contribution in [0, 0.1) is 6.92 Å². The SMILES string of the molecule is COCc1cccc(CNC(=O)c2ccc(-c3nc(C)no3)cc2)c1. The Kier molecular flexibility index (Phi) is 5.20. The van der Waals surface area contributed by atoms with Crippen LogP contribution >= 0.6 is 0 Å². The fraction of sp³-hybridized carbons (Fsp3) is 0.211.